The summed E-state index contributed by atoms with van der Waals surface area (Å²) in [5, 5.41) is 10.6. The average Bonchev–Trinajstić information content (AvgIpc) is 3.26. The third-order valence-corrected chi connectivity index (χ3v) is 5.04. The van der Waals surface area contributed by atoms with Crippen LogP contribution in [0.3, 0.4) is 0 Å². The van der Waals surface area contributed by atoms with Crippen molar-refractivity contribution in [2.24, 2.45) is 0 Å². The largest absolute Gasteiger partial charge is 0.490 e. The van der Waals surface area contributed by atoms with Gasteiger partial charge in [-0.15, -0.1) is 0 Å². The van der Waals surface area contributed by atoms with Gasteiger partial charge in [-0.05, 0) is 43.5 Å². The van der Waals surface area contributed by atoms with Crippen LogP contribution in [0.5, 0.6) is 11.5 Å². The fourth-order valence-corrected chi connectivity index (χ4v) is 3.64. The van der Waals surface area contributed by atoms with Crippen molar-refractivity contribution in [3.63, 3.8) is 0 Å². The molecule has 2 atom stereocenters. The number of hydrogen-bond donors (Lipinski definition) is 1. The number of rotatable bonds is 12. The van der Waals surface area contributed by atoms with Crippen LogP contribution in [0.15, 0.2) is 48.5 Å². The summed E-state index contributed by atoms with van der Waals surface area (Å²) >= 11 is 0. The number of ether oxygens (including phenoxy) is 3. The first-order valence-electron chi connectivity index (χ1n) is 10.6. The Hall–Kier alpha value is -2.41. The fourth-order valence-electron chi connectivity index (χ4n) is 3.64. The van der Waals surface area contributed by atoms with E-state index in [9.17, 15) is 9.90 Å². The Morgan fingerprint density at radius 1 is 1.20 bits per heavy atom. The van der Waals surface area contributed by atoms with E-state index in [0.29, 0.717) is 30.2 Å². The van der Waals surface area contributed by atoms with E-state index in [1.807, 2.05) is 25.1 Å². The number of nitrogens with zero attached hydrogens (tertiary/aromatic N) is 1. The highest BCUT2D eigenvalue weighted by Crippen LogP contribution is 2.28. The number of carbonyl (C=O) groups excluding carboxylic acids is 1. The van der Waals surface area contributed by atoms with Crippen LogP contribution in [0.1, 0.15) is 35.7 Å². The average molecular weight is 414 g/mol. The molecule has 1 aliphatic heterocycles. The minimum atomic E-state index is -0.671. The van der Waals surface area contributed by atoms with Crippen LogP contribution in [0.4, 0.5) is 0 Å². The number of carbonyl (C=O) groups is 1. The second-order valence-corrected chi connectivity index (χ2v) is 7.54. The molecular weight excluding hydrogens is 382 g/mol. The molecule has 6 heteroatoms. The second kappa shape index (κ2) is 11.7. The normalized spacial score (nSPS) is 17.1. The molecule has 3 rings (SSSR count). The van der Waals surface area contributed by atoms with Crippen LogP contribution in [-0.4, -0.2) is 61.4 Å². The van der Waals surface area contributed by atoms with Crippen molar-refractivity contribution in [1.29, 1.82) is 0 Å². The van der Waals surface area contributed by atoms with Gasteiger partial charge in [0.25, 0.3) is 0 Å². The zero-order valence-corrected chi connectivity index (χ0v) is 17.5. The Kier molecular flexibility index (Phi) is 8.68. The van der Waals surface area contributed by atoms with Gasteiger partial charge in [0.15, 0.2) is 11.5 Å². The van der Waals surface area contributed by atoms with Crippen molar-refractivity contribution in [3.05, 3.63) is 59.7 Å². The lowest BCUT2D eigenvalue weighted by atomic mass is 10.1. The second-order valence-electron chi connectivity index (χ2n) is 7.54. The fraction of sp³-hybridized carbons (Fsp3) is 0.458. The van der Waals surface area contributed by atoms with Crippen molar-refractivity contribution >= 4 is 6.29 Å². The van der Waals surface area contributed by atoms with Crippen molar-refractivity contribution in [2.45, 2.75) is 38.5 Å². The molecule has 2 aromatic carbocycles. The molecule has 1 saturated heterocycles. The topological polar surface area (TPSA) is 68.2 Å². The predicted octanol–water partition coefficient (Wildman–Crippen LogP) is 3.32. The van der Waals surface area contributed by atoms with E-state index >= 15 is 0 Å². The first-order chi connectivity index (χ1) is 14.7. The molecule has 30 heavy (non-hydrogen) atoms. The lowest BCUT2D eigenvalue weighted by molar-refractivity contribution is 0.0309. The van der Waals surface area contributed by atoms with Crippen LogP contribution in [0.2, 0.25) is 0 Å². The molecule has 0 bridgehead atoms. The van der Waals surface area contributed by atoms with Gasteiger partial charge >= 0.3 is 0 Å². The van der Waals surface area contributed by atoms with E-state index < -0.39 is 6.10 Å². The SMILES string of the molecule is CCOc1cc(C=O)ccc1OCC(O)CN(Cc1ccccc1)CC1CCCO1. The maximum atomic E-state index is 11.0. The van der Waals surface area contributed by atoms with Gasteiger partial charge in [0.2, 0.25) is 0 Å². The standard InChI is InChI=1S/C24H31NO5/c1-2-28-24-13-20(17-26)10-11-23(24)30-18-21(27)15-25(16-22-9-6-12-29-22)14-19-7-4-3-5-8-19/h3-5,7-8,10-11,13,17,21-22,27H,2,6,9,12,14-16,18H2,1H3. The summed E-state index contributed by atoms with van der Waals surface area (Å²) < 4.78 is 17.2. The highest BCUT2D eigenvalue weighted by atomic mass is 16.5. The van der Waals surface area contributed by atoms with Crippen molar-refractivity contribution < 1.29 is 24.1 Å². The van der Waals surface area contributed by atoms with E-state index in [4.69, 9.17) is 14.2 Å². The van der Waals surface area contributed by atoms with Gasteiger partial charge in [-0.3, -0.25) is 9.69 Å². The Balaban J connectivity index is 1.59. The van der Waals surface area contributed by atoms with Crippen LogP contribution in [0.25, 0.3) is 0 Å². The molecule has 0 amide bonds. The van der Waals surface area contributed by atoms with Crippen molar-refractivity contribution in [1.82, 2.24) is 4.90 Å². The molecule has 1 aliphatic rings. The molecule has 1 fully saturated rings. The molecule has 2 aromatic rings. The number of benzene rings is 2. The van der Waals surface area contributed by atoms with Gasteiger partial charge in [-0.25, -0.2) is 0 Å². The number of hydrogen-bond acceptors (Lipinski definition) is 6. The Bertz CT molecular complexity index is 776. The van der Waals surface area contributed by atoms with E-state index in [0.717, 1.165) is 38.8 Å². The highest BCUT2D eigenvalue weighted by molar-refractivity contribution is 5.76. The molecule has 0 saturated carbocycles. The van der Waals surface area contributed by atoms with Crippen LogP contribution in [-0.2, 0) is 11.3 Å². The zero-order chi connectivity index (χ0) is 21.2. The molecule has 162 valence electrons. The van der Waals surface area contributed by atoms with Gasteiger partial charge in [-0.1, -0.05) is 30.3 Å². The maximum absolute atomic E-state index is 11.0. The van der Waals surface area contributed by atoms with Gasteiger partial charge in [0.1, 0.15) is 19.0 Å². The third kappa shape index (κ3) is 6.83. The van der Waals surface area contributed by atoms with Gasteiger partial charge in [-0.2, -0.15) is 0 Å². The van der Waals surface area contributed by atoms with Gasteiger partial charge < -0.3 is 19.3 Å². The van der Waals surface area contributed by atoms with Crippen LogP contribution >= 0.6 is 0 Å². The summed E-state index contributed by atoms with van der Waals surface area (Å²) in [5.41, 5.74) is 1.73. The Labute approximate surface area is 178 Å². The summed E-state index contributed by atoms with van der Waals surface area (Å²) in [5.74, 6) is 1.03. The quantitative estimate of drug-likeness (QED) is 0.539. The lowest BCUT2D eigenvalue weighted by Gasteiger charge is -2.27. The van der Waals surface area contributed by atoms with E-state index in [2.05, 4.69) is 17.0 Å². The molecular formula is C24H31NO5. The van der Waals surface area contributed by atoms with E-state index in [1.165, 1.54) is 5.56 Å². The molecule has 1 N–H and O–H groups in total. The zero-order valence-electron chi connectivity index (χ0n) is 17.5. The minimum absolute atomic E-state index is 0.136. The maximum Gasteiger partial charge on any atom is 0.161 e. The van der Waals surface area contributed by atoms with Crippen LogP contribution < -0.4 is 9.47 Å². The van der Waals surface area contributed by atoms with Gasteiger partial charge in [0.05, 0.1) is 12.7 Å². The minimum Gasteiger partial charge on any atom is -0.490 e. The molecule has 0 aliphatic carbocycles. The summed E-state index contributed by atoms with van der Waals surface area (Å²) in [7, 11) is 0. The summed E-state index contributed by atoms with van der Waals surface area (Å²) in [6.45, 7) is 5.29. The lowest BCUT2D eigenvalue weighted by Crippen LogP contribution is -2.39. The first-order valence-corrected chi connectivity index (χ1v) is 10.6. The van der Waals surface area contributed by atoms with Crippen molar-refractivity contribution in [3.8, 4) is 11.5 Å². The van der Waals surface area contributed by atoms with E-state index in [-0.39, 0.29) is 12.7 Å². The molecule has 2 unspecified atom stereocenters. The molecule has 0 radical (unpaired) electrons. The molecule has 1 heterocycles. The molecule has 0 aromatic heterocycles. The monoisotopic (exact) mass is 413 g/mol. The summed E-state index contributed by atoms with van der Waals surface area (Å²) in [6, 6.07) is 15.3. The van der Waals surface area contributed by atoms with Crippen LogP contribution in [0, 0.1) is 0 Å². The summed E-state index contributed by atoms with van der Waals surface area (Å²) in [4.78, 5) is 13.2. The third-order valence-electron chi connectivity index (χ3n) is 5.04. The molecule has 6 nitrogen and oxygen atoms in total. The van der Waals surface area contributed by atoms with Gasteiger partial charge in [0, 0.05) is 31.8 Å². The van der Waals surface area contributed by atoms with E-state index in [1.54, 1.807) is 18.2 Å². The Morgan fingerprint density at radius 2 is 2.03 bits per heavy atom. The Morgan fingerprint density at radius 3 is 2.73 bits per heavy atom. The predicted molar refractivity (Wildman–Crippen MR) is 115 cm³/mol. The number of aliphatic hydroxyl groups excluding tert-OH is 1. The summed E-state index contributed by atoms with van der Waals surface area (Å²) in [6.07, 6.45) is 2.46. The number of aliphatic hydroxyl groups is 1. The smallest absolute Gasteiger partial charge is 0.161 e. The highest BCUT2D eigenvalue weighted by Gasteiger charge is 2.22. The first kappa shape index (κ1) is 22.3. The van der Waals surface area contributed by atoms with Crippen molar-refractivity contribution in [2.75, 3.05) is 32.9 Å². The molecule has 0 spiro atoms. The number of aldehydes is 1.